The van der Waals surface area contributed by atoms with Crippen LogP contribution in [0.25, 0.3) is 0 Å². The molecule has 1 heterocycles. The van der Waals surface area contributed by atoms with Gasteiger partial charge in [-0.25, -0.2) is 4.79 Å². The molecular formula is C41H50N4O7. The van der Waals surface area contributed by atoms with Crippen molar-refractivity contribution in [1.82, 2.24) is 16.0 Å². The van der Waals surface area contributed by atoms with Crippen LogP contribution < -0.4 is 21.7 Å². The Bertz CT molecular complexity index is 1730. The van der Waals surface area contributed by atoms with Gasteiger partial charge in [0.25, 0.3) is 0 Å². The van der Waals surface area contributed by atoms with Gasteiger partial charge in [0.1, 0.15) is 30.6 Å². The Labute approximate surface area is 305 Å². The SMILES string of the molecule is CC(C)(C)OC(=O)CC[C@H](NC(=O)OCC1C2=C(CCC=C2)C2C=CC=CC21)C(=O)NC1C=CC=C(COC2=CCC3NC=C(CC(N)=O)C3=C2)C1. The first-order valence-corrected chi connectivity index (χ1v) is 18.3. The maximum atomic E-state index is 13.7. The molecule has 5 N–H and O–H groups in total. The van der Waals surface area contributed by atoms with Crippen molar-refractivity contribution in [3.05, 3.63) is 107 Å². The average Bonchev–Trinajstić information content (AvgIpc) is 3.65. The van der Waals surface area contributed by atoms with Crippen LogP contribution in [-0.2, 0) is 28.6 Å². The number of fused-ring (bicyclic) bond motifs is 3. The zero-order chi connectivity index (χ0) is 36.8. The van der Waals surface area contributed by atoms with E-state index in [9.17, 15) is 19.2 Å². The smallest absolute Gasteiger partial charge is 0.407 e. The largest absolute Gasteiger partial charge is 0.490 e. The number of carbonyl (C=O) groups is 4. The van der Waals surface area contributed by atoms with Crippen LogP contribution in [0, 0.1) is 17.8 Å². The summed E-state index contributed by atoms with van der Waals surface area (Å²) in [5.74, 6) is 0.0102. The van der Waals surface area contributed by atoms with Gasteiger partial charge in [-0.2, -0.15) is 0 Å². The number of nitrogens with one attached hydrogen (secondary N) is 3. The topological polar surface area (TPSA) is 158 Å². The van der Waals surface area contributed by atoms with E-state index in [0.717, 1.165) is 36.0 Å². The molecule has 0 radical (unpaired) electrons. The van der Waals surface area contributed by atoms with Crippen LogP contribution in [0.15, 0.2) is 107 Å². The Morgan fingerprint density at radius 3 is 2.73 bits per heavy atom. The number of nitrogens with two attached hydrogens (primary N) is 1. The molecule has 0 bridgehead atoms. The van der Waals surface area contributed by atoms with Crippen molar-refractivity contribution in [3.63, 3.8) is 0 Å². The molecule has 11 heteroatoms. The Balaban J connectivity index is 1.04. The summed E-state index contributed by atoms with van der Waals surface area (Å²) in [4.78, 5) is 51.1. The highest BCUT2D eigenvalue weighted by Crippen LogP contribution is 2.48. The molecule has 0 aromatic rings. The molecular weight excluding hydrogens is 660 g/mol. The van der Waals surface area contributed by atoms with Crippen molar-refractivity contribution in [1.29, 1.82) is 0 Å². The minimum absolute atomic E-state index is 0.0304. The van der Waals surface area contributed by atoms with Gasteiger partial charge in [0.15, 0.2) is 0 Å². The van der Waals surface area contributed by atoms with E-state index >= 15 is 0 Å². The lowest BCUT2D eigenvalue weighted by atomic mass is 9.82. The van der Waals surface area contributed by atoms with E-state index in [1.165, 1.54) is 11.1 Å². The number of primary amides is 1. The van der Waals surface area contributed by atoms with Gasteiger partial charge >= 0.3 is 12.1 Å². The fraction of sp³-hybridized carbons (Fsp3) is 0.463. The lowest BCUT2D eigenvalue weighted by molar-refractivity contribution is -0.155. The summed E-state index contributed by atoms with van der Waals surface area (Å²) in [5.41, 5.74) is 10.2. The van der Waals surface area contributed by atoms with Gasteiger partial charge in [0.2, 0.25) is 11.8 Å². The van der Waals surface area contributed by atoms with Crippen molar-refractivity contribution < 1.29 is 33.4 Å². The highest BCUT2D eigenvalue weighted by Gasteiger charge is 2.41. The molecule has 0 saturated heterocycles. The third kappa shape index (κ3) is 9.23. The zero-order valence-electron chi connectivity index (χ0n) is 30.2. The molecule has 52 heavy (non-hydrogen) atoms. The van der Waals surface area contributed by atoms with E-state index in [0.29, 0.717) is 24.7 Å². The van der Waals surface area contributed by atoms with Crippen molar-refractivity contribution in [2.24, 2.45) is 23.5 Å². The lowest BCUT2D eigenvalue weighted by Gasteiger charge is -2.26. The summed E-state index contributed by atoms with van der Waals surface area (Å²) in [6.07, 6.45) is 27.1. The Morgan fingerprint density at radius 2 is 1.92 bits per heavy atom. The molecule has 3 amide bonds. The molecule has 6 aliphatic rings. The van der Waals surface area contributed by atoms with Crippen molar-refractivity contribution in [3.8, 4) is 0 Å². The molecule has 6 rings (SSSR count). The number of allylic oxidation sites excluding steroid dienone is 10. The number of amides is 3. The molecule has 0 saturated carbocycles. The van der Waals surface area contributed by atoms with Crippen LogP contribution in [-0.4, -0.2) is 60.8 Å². The van der Waals surface area contributed by atoms with Crippen LogP contribution in [0.5, 0.6) is 0 Å². The first-order chi connectivity index (χ1) is 24.9. The van der Waals surface area contributed by atoms with Gasteiger partial charge in [-0.3, -0.25) is 14.4 Å². The van der Waals surface area contributed by atoms with Crippen LogP contribution >= 0.6 is 0 Å². The third-order valence-electron chi connectivity index (χ3n) is 10.1. The molecule has 6 atom stereocenters. The normalized spacial score (nSPS) is 26.0. The quantitative estimate of drug-likeness (QED) is 0.191. The van der Waals surface area contributed by atoms with Crippen LogP contribution in [0.4, 0.5) is 4.79 Å². The van der Waals surface area contributed by atoms with Gasteiger partial charge in [-0.05, 0) is 93.2 Å². The van der Waals surface area contributed by atoms with E-state index in [4.69, 9.17) is 19.9 Å². The van der Waals surface area contributed by atoms with E-state index < -0.39 is 29.6 Å². The second-order valence-corrected chi connectivity index (χ2v) is 15.1. The van der Waals surface area contributed by atoms with E-state index in [2.05, 4.69) is 46.3 Å². The summed E-state index contributed by atoms with van der Waals surface area (Å²) in [5, 5.41) is 9.05. The van der Waals surface area contributed by atoms with Crippen LogP contribution in [0.1, 0.15) is 65.7 Å². The number of hydrogen-bond acceptors (Lipinski definition) is 8. The predicted molar refractivity (Wildman–Crippen MR) is 197 cm³/mol. The fourth-order valence-electron chi connectivity index (χ4n) is 7.74. The summed E-state index contributed by atoms with van der Waals surface area (Å²) in [7, 11) is 0. The predicted octanol–water partition coefficient (Wildman–Crippen LogP) is 5.17. The average molecular weight is 711 g/mol. The fourth-order valence-corrected chi connectivity index (χ4v) is 7.74. The molecule has 276 valence electrons. The number of carbonyl (C=O) groups excluding carboxylic acids is 4. The standard InChI is InChI=1S/C41H50N4O7/c1-41(2,3)52-38(47)18-17-36(45-40(49)51-24-34-31-13-6-4-11-29(31)30-12-5-7-14-32(30)34)39(48)44-27-10-8-9-25(19-27)23-50-28-15-16-35-33(21-28)26(22-43-35)20-37(42)46/h4,6-11,13-15,21-22,27,29,31,34-36,43H,5,12,16-20,23-24H2,1-3H3,(H2,42,46)(H,44,48)(H,45,49)/t27?,29?,31?,34?,35?,36-/m0/s1. The number of alkyl carbamates (subject to hydrolysis) is 1. The molecule has 5 aliphatic carbocycles. The maximum Gasteiger partial charge on any atom is 0.407 e. The highest BCUT2D eigenvalue weighted by atomic mass is 16.6. The molecule has 5 unspecified atom stereocenters. The Hall–Kier alpha value is -5.06. The number of rotatable bonds is 13. The molecule has 0 aromatic heterocycles. The van der Waals surface area contributed by atoms with Gasteiger partial charge in [0, 0.05) is 24.5 Å². The minimum Gasteiger partial charge on any atom is -0.490 e. The summed E-state index contributed by atoms with van der Waals surface area (Å²) in [6.45, 7) is 5.84. The third-order valence-corrected chi connectivity index (χ3v) is 10.1. The first kappa shape index (κ1) is 36.7. The number of hydrogen-bond donors (Lipinski definition) is 4. The number of esters is 1. The second kappa shape index (κ2) is 16.1. The van der Waals surface area contributed by atoms with E-state index in [-0.39, 0.29) is 55.7 Å². The molecule has 1 aliphatic heterocycles. The van der Waals surface area contributed by atoms with E-state index in [1.54, 1.807) is 20.8 Å². The van der Waals surface area contributed by atoms with Crippen molar-refractivity contribution in [2.75, 3.05) is 13.2 Å². The molecule has 0 fully saturated rings. The molecule has 0 aromatic carbocycles. The number of ether oxygens (including phenoxy) is 3. The van der Waals surface area contributed by atoms with Gasteiger partial charge < -0.3 is 35.9 Å². The van der Waals surface area contributed by atoms with Gasteiger partial charge in [-0.15, -0.1) is 0 Å². The summed E-state index contributed by atoms with van der Waals surface area (Å²) >= 11 is 0. The van der Waals surface area contributed by atoms with Crippen LogP contribution in [0.2, 0.25) is 0 Å². The second-order valence-electron chi connectivity index (χ2n) is 15.1. The Morgan fingerprint density at radius 1 is 1.10 bits per heavy atom. The monoisotopic (exact) mass is 710 g/mol. The van der Waals surface area contributed by atoms with Crippen molar-refractivity contribution >= 4 is 23.9 Å². The van der Waals surface area contributed by atoms with Gasteiger partial charge in [-0.1, -0.05) is 60.3 Å². The maximum absolute atomic E-state index is 13.7. The molecule has 11 nitrogen and oxygen atoms in total. The Kier molecular flexibility index (Phi) is 11.4. The van der Waals surface area contributed by atoms with Gasteiger partial charge in [0.05, 0.1) is 18.5 Å². The summed E-state index contributed by atoms with van der Waals surface area (Å²) in [6, 6.07) is -1.27. The summed E-state index contributed by atoms with van der Waals surface area (Å²) < 4.78 is 17.4. The minimum atomic E-state index is -1.02. The van der Waals surface area contributed by atoms with Crippen LogP contribution in [0.3, 0.4) is 0 Å². The lowest BCUT2D eigenvalue weighted by Crippen LogP contribution is -2.50. The highest BCUT2D eigenvalue weighted by molar-refractivity contribution is 5.86. The van der Waals surface area contributed by atoms with Crippen molar-refractivity contribution in [2.45, 2.75) is 89.4 Å². The van der Waals surface area contributed by atoms with E-state index in [1.807, 2.05) is 42.7 Å². The first-order valence-electron chi connectivity index (χ1n) is 18.3. The molecule has 0 spiro atoms. The zero-order valence-corrected chi connectivity index (χ0v) is 30.2.